The fourth-order valence-electron chi connectivity index (χ4n) is 8.84. The van der Waals surface area contributed by atoms with Gasteiger partial charge < -0.3 is 140 Å². The topological polar surface area (TPSA) is 511 Å². The van der Waals surface area contributed by atoms with Crippen LogP contribution in [0.3, 0.4) is 0 Å². The van der Waals surface area contributed by atoms with Crippen molar-refractivity contribution in [1.29, 1.82) is 0 Å². The van der Waals surface area contributed by atoms with Crippen molar-refractivity contribution in [3.05, 3.63) is 0 Å². The van der Waals surface area contributed by atoms with E-state index in [-0.39, 0.29) is 0 Å². The van der Waals surface area contributed by atoms with Gasteiger partial charge in [-0.1, -0.05) is 0 Å². The van der Waals surface area contributed by atoms with E-state index in [9.17, 15) is 101 Å². The third-order valence-electron chi connectivity index (χ3n) is 12.5. The molecular formula is C39H65N3O29. The molecule has 5 aliphatic heterocycles. The molecule has 71 heavy (non-hydrogen) atoms. The van der Waals surface area contributed by atoms with Crippen molar-refractivity contribution in [2.24, 2.45) is 0 Å². The van der Waals surface area contributed by atoms with E-state index < -0.39 is 222 Å². The van der Waals surface area contributed by atoms with E-state index in [1.807, 2.05) is 0 Å². The first-order valence-corrected chi connectivity index (χ1v) is 22.2. The monoisotopic (exact) mass is 1040 g/mol. The first-order valence-electron chi connectivity index (χ1n) is 22.2. The molecule has 0 spiro atoms. The summed E-state index contributed by atoms with van der Waals surface area (Å²) in [6.07, 6.45) is -44.2. The van der Waals surface area contributed by atoms with Crippen molar-refractivity contribution in [1.82, 2.24) is 16.0 Å². The molecule has 0 unspecified atom stereocenters. The second kappa shape index (κ2) is 25.0. The molecule has 0 radical (unpaired) electrons. The minimum absolute atomic E-state index is 0.788. The van der Waals surface area contributed by atoms with Crippen LogP contribution in [0.1, 0.15) is 27.2 Å². The number of nitrogens with one attached hydrogen (secondary N) is 3. The molecule has 0 saturated carbocycles. The maximum atomic E-state index is 13.0. The molecule has 0 aliphatic carbocycles. The first-order chi connectivity index (χ1) is 33.3. The van der Waals surface area contributed by atoms with Crippen molar-refractivity contribution in [2.75, 3.05) is 33.0 Å². The lowest BCUT2D eigenvalue weighted by atomic mass is 9.88. The Morgan fingerprint density at radius 3 is 1.63 bits per heavy atom. The predicted octanol–water partition coefficient (Wildman–Crippen LogP) is -12.3. The van der Waals surface area contributed by atoms with E-state index >= 15 is 0 Å². The van der Waals surface area contributed by atoms with Crippen LogP contribution in [0.15, 0.2) is 0 Å². The van der Waals surface area contributed by atoms with Crippen LogP contribution in [0.25, 0.3) is 0 Å². The van der Waals surface area contributed by atoms with Gasteiger partial charge in [0.2, 0.25) is 17.7 Å². The third-order valence-corrected chi connectivity index (χ3v) is 12.5. The van der Waals surface area contributed by atoms with E-state index in [4.69, 9.17) is 42.6 Å². The lowest BCUT2D eigenvalue weighted by Crippen LogP contribution is -2.71. The Morgan fingerprint density at radius 1 is 0.577 bits per heavy atom. The summed E-state index contributed by atoms with van der Waals surface area (Å²) in [5.74, 6) is -7.69. The minimum atomic E-state index is -3.18. The molecule has 32 heteroatoms. The van der Waals surface area contributed by atoms with Crippen molar-refractivity contribution < 1.29 is 144 Å². The van der Waals surface area contributed by atoms with Gasteiger partial charge in [-0.05, 0) is 0 Å². The first kappa shape index (κ1) is 58.8. The Morgan fingerprint density at radius 2 is 1.08 bits per heavy atom. The molecule has 0 aromatic heterocycles. The summed E-state index contributed by atoms with van der Waals surface area (Å²) in [6.45, 7) is -1.88. The van der Waals surface area contributed by atoms with Crippen LogP contribution in [0.5, 0.6) is 0 Å². The minimum Gasteiger partial charge on any atom is -0.477 e. The average Bonchev–Trinajstić information content (AvgIpc) is 3.31. The van der Waals surface area contributed by atoms with Gasteiger partial charge in [-0.25, -0.2) is 4.79 Å². The van der Waals surface area contributed by atoms with Gasteiger partial charge in [-0.3, -0.25) is 14.4 Å². The van der Waals surface area contributed by atoms with Crippen molar-refractivity contribution >= 4 is 23.7 Å². The number of amides is 3. The number of carboxylic acids is 1. The zero-order valence-electron chi connectivity index (χ0n) is 38.1. The SMILES string of the molecule is CC(=O)N[C@@H]1[C@@H](O[C@@H]2O[C@H](CO)[C@H](O)[C@H](O[C@]3(C(=O)O)C[C@H](O)[C@@H](NC(C)=O)[C@H]([C@H](O)[C@H](O)CO)O3)[C@H]2O)[C@H](O)[C@@H](CO[C@@H]2O[C@H](CO)[C@@H](O[C@@H]3O[C@H](CO)[C@H](O)[C@H](O)[C@H]3O)[C@H](O)[C@H]2NC(C)=O)O[C@@H]1O. The van der Waals surface area contributed by atoms with Gasteiger partial charge in [0.25, 0.3) is 5.79 Å². The van der Waals surface area contributed by atoms with Crippen molar-refractivity contribution in [3.8, 4) is 0 Å². The van der Waals surface area contributed by atoms with Gasteiger partial charge in [-0.2, -0.15) is 0 Å². The number of carbonyl (C=O) groups is 4. The fourth-order valence-corrected chi connectivity index (χ4v) is 8.84. The summed E-state index contributed by atoms with van der Waals surface area (Å²) in [5, 5.41) is 177. The van der Waals surface area contributed by atoms with E-state index in [0.717, 1.165) is 20.8 Å². The average molecular weight is 1040 g/mol. The standard InChI is InChI=1S/C39H65N3O29/c1-10(47)40-19-13(50)4-39(38(61)62,70-32(19)22(52)14(51)5-43)71-33-24(54)16(7-45)66-37(29(33)59)69-31-21(42-12(3)49)34(60)64-18(25(31)55)9-63-35-20(41-11(2)48)26(56)30(17(8-46)67-35)68-36-28(58)27(57)23(53)15(6-44)65-36/h13-37,43-46,50-60H,4-9H2,1-3H3,(H,40,47)(H,41,48)(H,42,49)(H,61,62)/t13-,14+,15+,16+,17+,18+,19+,20+,21+,22+,23-,24-,25+,26+,27-,28+,29+,30+,31+,32+,33-,34-,35+,36-,37-,39-/m0/s1. The largest absolute Gasteiger partial charge is 0.477 e. The Labute approximate surface area is 402 Å². The van der Waals surface area contributed by atoms with Crippen LogP contribution >= 0.6 is 0 Å². The summed E-state index contributed by atoms with van der Waals surface area (Å²) in [6, 6.07) is -5.04. The normalized spacial score (nSPS) is 45.0. The Hall–Kier alpha value is -3.08. The molecule has 5 aliphatic rings. The molecule has 5 heterocycles. The van der Waals surface area contributed by atoms with Gasteiger partial charge in [-0.15, -0.1) is 0 Å². The summed E-state index contributed by atoms with van der Waals surface area (Å²) in [4.78, 5) is 49.7. The Kier molecular flexibility index (Phi) is 20.7. The third kappa shape index (κ3) is 13.1. The quantitative estimate of drug-likeness (QED) is 0.0571. The molecule has 5 saturated heterocycles. The van der Waals surface area contributed by atoms with Crippen LogP contribution < -0.4 is 16.0 Å². The van der Waals surface area contributed by atoms with Gasteiger partial charge >= 0.3 is 5.97 Å². The summed E-state index contributed by atoms with van der Waals surface area (Å²) >= 11 is 0. The maximum Gasteiger partial charge on any atom is 0.364 e. The van der Waals surface area contributed by atoms with Crippen molar-refractivity contribution in [2.45, 2.75) is 186 Å². The summed E-state index contributed by atoms with van der Waals surface area (Å²) in [7, 11) is 0. The zero-order valence-corrected chi connectivity index (χ0v) is 38.1. The smallest absolute Gasteiger partial charge is 0.364 e. The number of hydrogen-bond donors (Lipinski definition) is 19. The second-order valence-electron chi connectivity index (χ2n) is 17.6. The van der Waals surface area contributed by atoms with Crippen molar-refractivity contribution in [3.63, 3.8) is 0 Å². The lowest BCUT2D eigenvalue weighted by molar-refractivity contribution is -0.381. The highest BCUT2D eigenvalue weighted by molar-refractivity contribution is 5.77. The highest BCUT2D eigenvalue weighted by atomic mass is 16.8. The molecular weight excluding hydrogens is 974 g/mol. The fraction of sp³-hybridized carbons (Fsp3) is 0.897. The molecule has 5 rings (SSSR count). The molecule has 0 aromatic carbocycles. The number of ether oxygens (including phenoxy) is 9. The molecule has 26 atom stereocenters. The van der Waals surface area contributed by atoms with E-state index in [1.54, 1.807) is 0 Å². The Balaban J connectivity index is 1.39. The summed E-state index contributed by atoms with van der Waals surface area (Å²) < 4.78 is 50.9. The van der Waals surface area contributed by atoms with Crippen LogP contribution in [-0.2, 0) is 61.8 Å². The van der Waals surface area contributed by atoms with Gasteiger partial charge in [0.05, 0.1) is 45.2 Å². The number of aliphatic hydroxyl groups is 15. The molecule has 5 fully saturated rings. The number of carboxylic acid groups (broad SMARTS) is 1. The van der Waals surface area contributed by atoms with Gasteiger partial charge in [0.1, 0.15) is 116 Å². The Bertz CT molecular complexity index is 1770. The van der Waals surface area contributed by atoms with Crippen LogP contribution in [0.2, 0.25) is 0 Å². The van der Waals surface area contributed by atoms with Crippen LogP contribution in [0, 0.1) is 0 Å². The second-order valence-corrected chi connectivity index (χ2v) is 17.6. The van der Waals surface area contributed by atoms with Gasteiger partial charge in [0, 0.05) is 27.2 Å². The van der Waals surface area contributed by atoms with Crippen LogP contribution in [-0.4, -0.2) is 297 Å². The molecule has 3 amide bonds. The number of hydrogen-bond acceptors (Lipinski definition) is 28. The number of carbonyl (C=O) groups excluding carboxylic acids is 3. The highest BCUT2D eigenvalue weighted by Crippen LogP contribution is 2.39. The number of rotatable bonds is 19. The number of aliphatic hydroxyl groups excluding tert-OH is 15. The molecule has 32 nitrogen and oxygen atoms in total. The molecule has 0 bridgehead atoms. The van der Waals surface area contributed by atoms with Crippen LogP contribution in [0.4, 0.5) is 0 Å². The molecule has 19 N–H and O–H groups in total. The molecule has 0 aromatic rings. The van der Waals surface area contributed by atoms with E-state index in [0.29, 0.717) is 0 Å². The highest BCUT2D eigenvalue weighted by Gasteiger charge is 2.61. The summed E-state index contributed by atoms with van der Waals surface area (Å²) in [5.41, 5.74) is 0. The van der Waals surface area contributed by atoms with E-state index in [2.05, 4.69) is 16.0 Å². The van der Waals surface area contributed by atoms with Gasteiger partial charge in [0.15, 0.2) is 25.2 Å². The lowest BCUT2D eigenvalue weighted by Gasteiger charge is -2.51. The maximum absolute atomic E-state index is 13.0. The molecule has 410 valence electrons. The number of aliphatic carboxylic acids is 1. The zero-order chi connectivity index (χ0) is 53.0. The predicted molar refractivity (Wildman–Crippen MR) is 219 cm³/mol. The van der Waals surface area contributed by atoms with E-state index in [1.165, 1.54) is 0 Å².